The molecule has 0 radical (unpaired) electrons. The van der Waals surface area contributed by atoms with Gasteiger partial charge in [-0.2, -0.15) is 0 Å². The third-order valence-corrected chi connectivity index (χ3v) is 2.70. The molecule has 0 aliphatic carbocycles. The van der Waals surface area contributed by atoms with Crippen molar-refractivity contribution in [3.63, 3.8) is 0 Å². The summed E-state index contributed by atoms with van der Waals surface area (Å²) in [6.07, 6.45) is 0.916. The number of hydrogen-bond donors (Lipinski definition) is 1. The van der Waals surface area contributed by atoms with Crippen LogP contribution >= 0.6 is 0 Å². The van der Waals surface area contributed by atoms with Gasteiger partial charge in [0.2, 0.25) is 0 Å². The van der Waals surface area contributed by atoms with E-state index in [1.165, 1.54) is 16.7 Å². The predicted molar refractivity (Wildman–Crippen MR) is 64.8 cm³/mol. The van der Waals surface area contributed by atoms with Gasteiger partial charge in [0.1, 0.15) is 0 Å². The van der Waals surface area contributed by atoms with Gasteiger partial charge in [0.15, 0.2) is 0 Å². The first-order chi connectivity index (χ1) is 7.27. The van der Waals surface area contributed by atoms with Crippen molar-refractivity contribution in [1.29, 1.82) is 0 Å². The van der Waals surface area contributed by atoms with Crippen LogP contribution in [0.5, 0.6) is 0 Å². The minimum atomic E-state index is 0.876. The summed E-state index contributed by atoms with van der Waals surface area (Å²) in [7, 11) is 0. The van der Waals surface area contributed by atoms with E-state index in [0.717, 1.165) is 12.1 Å². The van der Waals surface area contributed by atoms with Crippen molar-refractivity contribution in [2.75, 3.05) is 5.73 Å². The second kappa shape index (κ2) is 4.18. The monoisotopic (exact) mass is 197 g/mol. The molecule has 0 unspecified atom stereocenters. The quantitative estimate of drug-likeness (QED) is 0.735. The standard InChI is InChI=1S/C14H15N/c1-11-6-2-3-7-12(11)10-13-8-4-5-9-14(13)15/h2-9H,10,15H2,1H3. The maximum Gasteiger partial charge on any atom is 0.0349 e. The molecule has 0 amide bonds. The van der Waals surface area contributed by atoms with Gasteiger partial charge in [0.25, 0.3) is 0 Å². The molecule has 2 N–H and O–H groups in total. The lowest BCUT2D eigenvalue weighted by molar-refractivity contribution is 1.16. The minimum Gasteiger partial charge on any atom is -0.398 e. The smallest absolute Gasteiger partial charge is 0.0349 e. The topological polar surface area (TPSA) is 26.0 Å². The van der Waals surface area contributed by atoms with Crippen LogP contribution in [0.2, 0.25) is 0 Å². The Morgan fingerprint density at radius 3 is 2.13 bits per heavy atom. The lowest BCUT2D eigenvalue weighted by atomic mass is 10.00. The Hall–Kier alpha value is -1.76. The molecule has 0 saturated heterocycles. The van der Waals surface area contributed by atoms with Crippen molar-refractivity contribution in [2.24, 2.45) is 0 Å². The highest BCUT2D eigenvalue weighted by Crippen LogP contribution is 2.17. The number of nitrogens with two attached hydrogens (primary N) is 1. The maximum atomic E-state index is 5.92. The Kier molecular flexibility index (Phi) is 2.72. The van der Waals surface area contributed by atoms with Gasteiger partial charge in [-0.3, -0.25) is 0 Å². The van der Waals surface area contributed by atoms with E-state index < -0.39 is 0 Å². The zero-order valence-electron chi connectivity index (χ0n) is 8.90. The van der Waals surface area contributed by atoms with Crippen molar-refractivity contribution in [2.45, 2.75) is 13.3 Å². The van der Waals surface area contributed by atoms with Crippen LogP contribution in [0.25, 0.3) is 0 Å². The average Bonchev–Trinajstić information content (AvgIpc) is 2.24. The van der Waals surface area contributed by atoms with Crippen molar-refractivity contribution in [3.8, 4) is 0 Å². The van der Waals surface area contributed by atoms with Crippen molar-refractivity contribution in [3.05, 3.63) is 65.2 Å². The van der Waals surface area contributed by atoms with Gasteiger partial charge in [-0.05, 0) is 36.1 Å². The highest BCUT2D eigenvalue weighted by atomic mass is 14.6. The molecular formula is C14H15N. The second-order valence-corrected chi connectivity index (χ2v) is 3.80. The zero-order valence-corrected chi connectivity index (χ0v) is 8.90. The third-order valence-electron chi connectivity index (χ3n) is 2.70. The number of nitrogen functional groups attached to an aromatic ring is 1. The Morgan fingerprint density at radius 2 is 1.47 bits per heavy atom. The summed E-state index contributed by atoms with van der Waals surface area (Å²) in [5.41, 5.74) is 10.7. The first-order valence-corrected chi connectivity index (χ1v) is 5.15. The lowest BCUT2D eigenvalue weighted by Gasteiger charge is -2.07. The van der Waals surface area contributed by atoms with E-state index in [-0.39, 0.29) is 0 Å². The molecule has 0 aliphatic rings. The summed E-state index contributed by atoms with van der Waals surface area (Å²) in [5, 5.41) is 0. The van der Waals surface area contributed by atoms with E-state index >= 15 is 0 Å². The van der Waals surface area contributed by atoms with Crippen LogP contribution < -0.4 is 5.73 Å². The van der Waals surface area contributed by atoms with E-state index in [4.69, 9.17) is 5.73 Å². The number of para-hydroxylation sites is 1. The van der Waals surface area contributed by atoms with Crippen LogP contribution in [0.1, 0.15) is 16.7 Å². The van der Waals surface area contributed by atoms with Crippen LogP contribution in [0.4, 0.5) is 5.69 Å². The second-order valence-electron chi connectivity index (χ2n) is 3.80. The summed E-state index contributed by atoms with van der Waals surface area (Å²) >= 11 is 0. The molecule has 1 heteroatoms. The molecule has 1 nitrogen and oxygen atoms in total. The van der Waals surface area contributed by atoms with Gasteiger partial charge in [0.05, 0.1) is 0 Å². The highest BCUT2D eigenvalue weighted by molar-refractivity contribution is 5.49. The van der Waals surface area contributed by atoms with Gasteiger partial charge in [0, 0.05) is 5.69 Å². The largest absolute Gasteiger partial charge is 0.398 e. The normalized spacial score (nSPS) is 10.2. The van der Waals surface area contributed by atoms with E-state index in [0.29, 0.717) is 0 Å². The minimum absolute atomic E-state index is 0.876. The number of hydrogen-bond acceptors (Lipinski definition) is 1. The SMILES string of the molecule is Cc1ccccc1Cc1ccccc1N. The number of anilines is 1. The first kappa shape index (κ1) is 9.78. The molecule has 0 heterocycles. The Balaban J connectivity index is 2.30. The summed E-state index contributed by atoms with van der Waals surface area (Å²) in [4.78, 5) is 0. The molecule has 0 spiro atoms. The molecule has 76 valence electrons. The molecule has 2 aromatic rings. The number of benzene rings is 2. The summed E-state index contributed by atoms with van der Waals surface area (Å²) in [6, 6.07) is 16.5. The van der Waals surface area contributed by atoms with Gasteiger partial charge in [-0.25, -0.2) is 0 Å². The summed E-state index contributed by atoms with van der Waals surface area (Å²) in [5.74, 6) is 0. The first-order valence-electron chi connectivity index (χ1n) is 5.15. The van der Waals surface area contributed by atoms with E-state index in [1.807, 2.05) is 18.2 Å². The van der Waals surface area contributed by atoms with Crippen molar-refractivity contribution < 1.29 is 0 Å². The zero-order chi connectivity index (χ0) is 10.7. The van der Waals surface area contributed by atoms with Crippen LogP contribution in [0.15, 0.2) is 48.5 Å². The van der Waals surface area contributed by atoms with Crippen LogP contribution in [0.3, 0.4) is 0 Å². The van der Waals surface area contributed by atoms with Gasteiger partial charge >= 0.3 is 0 Å². The number of rotatable bonds is 2. The van der Waals surface area contributed by atoms with Gasteiger partial charge in [-0.15, -0.1) is 0 Å². The van der Waals surface area contributed by atoms with Crippen molar-refractivity contribution in [1.82, 2.24) is 0 Å². The van der Waals surface area contributed by atoms with E-state index in [2.05, 4.69) is 37.3 Å². The molecule has 0 bridgehead atoms. The Labute approximate surface area is 90.6 Å². The molecule has 2 aromatic carbocycles. The molecular weight excluding hydrogens is 182 g/mol. The lowest BCUT2D eigenvalue weighted by Crippen LogP contribution is -1.96. The summed E-state index contributed by atoms with van der Waals surface area (Å²) in [6.45, 7) is 2.13. The molecule has 0 atom stereocenters. The Bertz CT molecular complexity index is 417. The van der Waals surface area contributed by atoms with Crippen LogP contribution in [-0.4, -0.2) is 0 Å². The van der Waals surface area contributed by atoms with Crippen LogP contribution in [0, 0.1) is 6.92 Å². The highest BCUT2D eigenvalue weighted by Gasteiger charge is 2.01. The molecule has 15 heavy (non-hydrogen) atoms. The molecule has 0 aliphatic heterocycles. The average molecular weight is 197 g/mol. The maximum absolute atomic E-state index is 5.92. The molecule has 2 rings (SSSR count). The fourth-order valence-electron chi connectivity index (χ4n) is 1.71. The fraction of sp³-hybridized carbons (Fsp3) is 0.143. The van der Waals surface area contributed by atoms with Crippen molar-refractivity contribution >= 4 is 5.69 Å². The Morgan fingerprint density at radius 1 is 0.867 bits per heavy atom. The van der Waals surface area contributed by atoms with Crippen LogP contribution in [-0.2, 0) is 6.42 Å². The van der Waals surface area contributed by atoms with E-state index in [9.17, 15) is 0 Å². The van der Waals surface area contributed by atoms with E-state index in [1.54, 1.807) is 0 Å². The van der Waals surface area contributed by atoms with Gasteiger partial charge < -0.3 is 5.73 Å². The molecule has 0 fully saturated rings. The number of aryl methyl sites for hydroxylation is 1. The summed E-state index contributed by atoms with van der Waals surface area (Å²) < 4.78 is 0. The van der Waals surface area contributed by atoms with Gasteiger partial charge in [-0.1, -0.05) is 42.5 Å². The molecule has 0 saturated carbocycles. The predicted octanol–water partition coefficient (Wildman–Crippen LogP) is 3.17. The fourth-order valence-corrected chi connectivity index (χ4v) is 1.71. The molecule has 0 aromatic heterocycles. The third kappa shape index (κ3) is 2.18.